The first-order valence-corrected chi connectivity index (χ1v) is 13.9. The third kappa shape index (κ3) is 4.59. The number of ether oxygens (including phenoxy) is 1. The summed E-state index contributed by atoms with van der Waals surface area (Å²) in [6.07, 6.45) is 2.44. The van der Waals surface area contributed by atoms with Crippen LogP contribution in [0.3, 0.4) is 0 Å². The van der Waals surface area contributed by atoms with Crippen molar-refractivity contribution in [3.63, 3.8) is 0 Å². The monoisotopic (exact) mass is 478 g/mol. The van der Waals surface area contributed by atoms with Crippen LogP contribution in [-0.4, -0.2) is 54.4 Å². The van der Waals surface area contributed by atoms with E-state index < -0.39 is 13.0 Å². The van der Waals surface area contributed by atoms with Crippen LogP contribution in [-0.2, 0) is 4.57 Å². The van der Waals surface area contributed by atoms with Crippen molar-refractivity contribution in [1.82, 2.24) is 14.9 Å². The average molecular weight is 479 g/mol. The summed E-state index contributed by atoms with van der Waals surface area (Å²) in [6, 6.07) is 17.1. The first kappa shape index (κ1) is 22.6. The van der Waals surface area contributed by atoms with Gasteiger partial charge in [0.25, 0.3) is 0 Å². The number of fused-ring (bicyclic) bond motifs is 1. The minimum absolute atomic E-state index is 0.217. The number of anilines is 2. The number of H-pyrrole nitrogens is 1. The normalized spacial score (nSPS) is 16.8. The number of aromatic amines is 1. The molecular weight excluding hydrogens is 450 g/mol. The van der Waals surface area contributed by atoms with E-state index in [-0.39, 0.29) is 6.10 Å². The number of hydrogen-bond donors (Lipinski definition) is 2. The number of benzene rings is 2. The SMILES string of the molecule is CN1CCC(Oc2ccc(-c3cc4c(Nc5ccccc5P(C)(C)=O)c(F)cnc4[nH]3)cc2)C1. The Morgan fingerprint density at radius 1 is 1.18 bits per heavy atom. The van der Waals surface area contributed by atoms with E-state index in [0.717, 1.165) is 36.5 Å². The van der Waals surface area contributed by atoms with Crippen LogP contribution in [0.5, 0.6) is 5.75 Å². The van der Waals surface area contributed by atoms with Gasteiger partial charge in [-0.1, -0.05) is 12.1 Å². The van der Waals surface area contributed by atoms with E-state index in [1.54, 1.807) is 13.3 Å². The number of halogens is 1. The second-order valence-electron chi connectivity index (χ2n) is 9.23. The van der Waals surface area contributed by atoms with Gasteiger partial charge >= 0.3 is 0 Å². The van der Waals surface area contributed by atoms with Gasteiger partial charge in [0.05, 0.1) is 11.9 Å². The topological polar surface area (TPSA) is 70.2 Å². The van der Waals surface area contributed by atoms with Crippen molar-refractivity contribution >= 4 is 34.9 Å². The van der Waals surface area contributed by atoms with Crippen molar-refractivity contribution in [2.24, 2.45) is 0 Å². The van der Waals surface area contributed by atoms with Crippen molar-refractivity contribution in [1.29, 1.82) is 0 Å². The van der Waals surface area contributed by atoms with Crippen LogP contribution in [0.1, 0.15) is 6.42 Å². The smallest absolute Gasteiger partial charge is 0.165 e. The highest BCUT2D eigenvalue weighted by molar-refractivity contribution is 7.70. The van der Waals surface area contributed by atoms with Crippen LogP contribution < -0.4 is 15.4 Å². The van der Waals surface area contributed by atoms with Crippen molar-refractivity contribution in [3.05, 3.63) is 66.6 Å². The second-order valence-corrected chi connectivity index (χ2v) is 12.4. The highest BCUT2D eigenvalue weighted by Crippen LogP contribution is 2.39. The van der Waals surface area contributed by atoms with Gasteiger partial charge in [-0.3, -0.25) is 0 Å². The van der Waals surface area contributed by atoms with Crippen LogP contribution >= 0.6 is 7.14 Å². The Hall–Kier alpha value is -3.15. The van der Waals surface area contributed by atoms with Crippen LogP contribution in [0.15, 0.2) is 60.8 Å². The summed E-state index contributed by atoms with van der Waals surface area (Å²) in [5.74, 6) is 0.368. The van der Waals surface area contributed by atoms with E-state index in [1.807, 2.05) is 54.6 Å². The number of hydrogen-bond acceptors (Lipinski definition) is 5. The molecule has 0 spiro atoms. The molecule has 2 aromatic carbocycles. The van der Waals surface area contributed by atoms with Gasteiger partial charge in [0.1, 0.15) is 24.6 Å². The number of nitrogens with zero attached hydrogens (tertiary/aromatic N) is 2. The molecule has 34 heavy (non-hydrogen) atoms. The minimum atomic E-state index is -2.55. The molecule has 4 aromatic rings. The number of pyridine rings is 1. The fourth-order valence-electron chi connectivity index (χ4n) is 4.41. The zero-order valence-electron chi connectivity index (χ0n) is 19.5. The molecule has 176 valence electrons. The molecule has 2 N–H and O–H groups in total. The predicted molar refractivity (Wildman–Crippen MR) is 137 cm³/mol. The quantitative estimate of drug-likeness (QED) is 0.361. The zero-order chi connectivity index (χ0) is 23.9. The van der Waals surface area contributed by atoms with Gasteiger partial charge in [0.2, 0.25) is 0 Å². The molecule has 1 saturated heterocycles. The summed E-state index contributed by atoms with van der Waals surface area (Å²) >= 11 is 0. The summed E-state index contributed by atoms with van der Waals surface area (Å²) < 4.78 is 33.7. The molecule has 8 heteroatoms. The number of aromatic nitrogens is 2. The third-order valence-corrected chi connectivity index (χ3v) is 7.72. The minimum Gasteiger partial charge on any atom is -0.489 e. The lowest BCUT2D eigenvalue weighted by molar-refractivity contribution is 0.208. The Kier molecular flexibility index (Phi) is 5.92. The standard InChI is InChI=1S/C26H28FN4O2P/c1-31-13-12-19(16-31)33-18-10-8-17(9-11-18)23-14-20-25(21(27)15-28-26(20)30-23)29-22-6-4-5-7-24(22)34(2,3)32/h4-11,14-15,19H,12-13,16H2,1-3H3,(H2,28,29,30). The van der Waals surface area contributed by atoms with Crippen LogP contribution in [0, 0.1) is 5.82 Å². The Morgan fingerprint density at radius 3 is 2.65 bits per heavy atom. The summed E-state index contributed by atoms with van der Waals surface area (Å²) in [4.78, 5) is 9.79. The molecule has 0 saturated carbocycles. The van der Waals surface area contributed by atoms with Crippen LogP contribution in [0.4, 0.5) is 15.8 Å². The Labute approximate surface area is 198 Å². The Morgan fingerprint density at radius 2 is 1.94 bits per heavy atom. The molecule has 1 fully saturated rings. The number of likely N-dealkylation sites (tertiary alicyclic amines) is 1. The summed E-state index contributed by atoms with van der Waals surface area (Å²) in [5, 5.41) is 4.48. The van der Waals surface area contributed by atoms with Gasteiger partial charge in [-0.2, -0.15) is 0 Å². The first-order chi connectivity index (χ1) is 16.3. The van der Waals surface area contributed by atoms with Gasteiger partial charge in [-0.05, 0) is 74.8 Å². The van der Waals surface area contributed by atoms with Gasteiger partial charge in [0.15, 0.2) is 5.82 Å². The molecule has 6 nitrogen and oxygen atoms in total. The fraction of sp³-hybridized carbons (Fsp3) is 0.269. The van der Waals surface area contributed by atoms with E-state index in [9.17, 15) is 8.96 Å². The van der Waals surface area contributed by atoms with Gasteiger partial charge in [-0.25, -0.2) is 9.37 Å². The lowest BCUT2D eigenvalue weighted by Crippen LogP contribution is -2.21. The van der Waals surface area contributed by atoms with Crippen molar-refractivity contribution < 1.29 is 13.7 Å². The van der Waals surface area contributed by atoms with E-state index in [2.05, 4.69) is 27.2 Å². The molecule has 1 unspecified atom stereocenters. The molecule has 5 rings (SSSR count). The predicted octanol–water partition coefficient (Wildman–Crippen LogP) is 5.44. The van der Waals surface area contributed by atoms with Crippen molar-refractivity contribution in [2.75, 3.05) is 38.8 Å². The largest absolute Gasteiger partial charge is 0.489 e. The molecule has 0 radical (unpaired) electrons. The summed E-state index contributed by atoms with van der Waals surface area (Å²) in [7, 11) is -0.452. The number of likely N-dealkylation sites (N-methyl/N-ethyl adjacent to an activating group) is 1. The zero-order valence-corrected chi connectivity index (χ0v) is 20.4. The van der Waals surface area contributed by atoms with E-state index in [1.165, 1.54) is 6.20 Å². The molecule has 3 heterocycles. The molecule has 1 aliphatic rings. The highest BCUT2D eigenvalue weighted by atomic mass is 31.2. The molecular formula is C26H28FN4O2P. The lowest BCUT2D eigenvalue weighted by Gasteiger charge is -2.16. The lowest BCUT2D eigenvalue weighted by atomic mass is 10.1. The number of rotatable bonds is 6. The van der Waals surface area contributed by atoms with Gasteiger partial charge in [0, 0.05) is 35.2 Å². The van der Waals surface area contributed by atoms with E-state index >= 15 is 0 Å². The van der Waals surface area contributed by atoms with Gasteiger partial charge < -0.3 is 24.5 Å². The number of nitrogens with one attached hydrogen (secondary N) is 2. The maximum absolute atomic E-state index is 14.9. The van der Waals surface area contributed by atoms with Gasteiger partial charge in [-0.15, -0.1) is 0 Å². The summed E-state index contributed by atoms with van der Waals surface area (Å²) in [5.41, 5.74) is 3.28. The Balaban J connectivity index is 1.45. The molecule has 0 bridgehead atoms. The van der Waals surface area contributed by atoms with E-state index in [4.69, 9.17) is 4.74 Å². The van der Waals surface area contributed by atoms with Crippen molar-refractivity contribution in [3.8, 4) is 17.0 Å². The van der Waals surface area contributed by atoms with Crippen LogP contribution in [0.25, 0.3) is 22.3 Å². The molecule has 0 aliphatic carbocycles. The molecule has 2 aromatic heterocycles. The van der Waals surface area contributed by atoms with E-state index in [0.29, 0.717) is 27.7 Å². The summed E-state index contributed by atoms with van der Waals surface area (Å²) in [6.45, 7) is 5.40. The highest BCUT2D eigenvalue weighted by Gasteiger charge is 2.21. The molecule has 0 amide bonds. The number of para-hydroxylation sites is 1. The fourth-order valence-corrected chi connectivity index (χ4v) is 5.57. The molecule has 1 atom stereocenters. The average Bonchev–Trinajstić information content (AvgIpc) is 3.42. The Bertz CT molecular complexity index is 1380. The maximum Gasteiger partial charge on any atom is 0.165 e. The maximum atomic E-state index is 14.9. The first-order valence-electron chi connectivity index (χ1n) is 11.3. The third-order valence-electron chi connectivity index (χ3n) is 6.17. The second kappa shape index (κ2) is 8.90. The van der Waals surface area contributed by atoms with Crippen LogP contribution in [0.2, 0.25) is 0 Å². The van der Waals surface area contributed by atoms with Crippen molar-refractivity contribution in [2.45, 2.75) is 12.5 Å². The molecule has 1 aliphatic heterocycles.